The Morgan fingerprint density at radius 3 is 2.40 bits per heavy atom. The van der Waals surface area contributed by atoms with Gasteiger partial charge in [0.25, 0.3) is 5.56 Å². The summed E-state index contributed by atoms with van der Waals surface area (Å²) in [6.07, 6.45) is -4.33. The topological polar surface area (TPSA) is 59.3 Å². The summed E-state index contributed by atoms with van der Waals surface area (Å²) in [6.45, 7) is 0. The van der Waals surface area contributed by atoms with Crippen LogP contribution in [0, 0.1) is 0 Å². The monoisotopic (exact) mass is 221 g/mol. The molecule has 1 heterocycles. The summed E-state index contributed by atoms with van der Waals surface area (Å²) in [7, 11) is 1.11. The van der Waals surface area contributed by atoms with Crippen LogP contribution in [0.5, 0.6) is 0 Å². The molecule has 0 aliphatic carbocycles. The van der Waals surface area contributed by atoms with Gasteiger partial charge in [-0.1, -0.05) is 0 Å². The van der Waals surface area contributed by atoms with Crippen LogP contribution in [-0.2, 0) is 13.2 Å². The number of aryl methyl sites for hydroxylation is 1. The average molecular weight is 221 g/mol. The first-order valence-electron chi connectivity index (χ1n) is 3.74. The molecule has 0 fully saturated rings. The van der Waals surface area contributed by atoms with E-state index in [9.17, 15) is 22.8 Å². The first-order valence-corrected chi connectivity index (χ1v) is 3.74. The molecule has 1 aromatic heterocycles. The summed E-state index contributed by atoms with van der Waals surface area (Å²) in [5, 5.41) is 8.50. The molecule has 15 heavy (non-hydrogen) atoms. The molecule has 1 aromatic rings. The van der Waals surface area contributed by atoms with Crippen LogP contribution in [0.2, 0.25) is 0 Å². The van der Waals surface area contributed by atoms with Gasteiger partial charge in [0, 0.05) is 19.3 Å². The van der Waals surface area contributed by atoms with Crippen molar-refractivity contribution in [3.8, 4) is 0 Å². The van der Waals surface area contributed by atoms with Crippen molar-refractivity contribution in [3.05, 3.63) is 33.7 Å². The second-order valence-corrected chi connectivity index (χ2v) is 2.85. The summed E-state index contributed by atoms with van der Waals surface area (Å²) >= 11 is 0. The molecular weight excluding hydrogens is 215 g/mol. The minimum Gasteiger partial charge on any atom is -0.478 e. The van der Waals surface area contributed by atoms with Crippen LogP contribution >= 0.6 is 0 Å². The lowest BCUT2D eigenvalue weighted by molar-refractivity contribution is -0.138. The van der Waals surface area contributed by atoms with Crippen LogP contribution in [0.3, 0.4) is 0 Å². The van der Waals surface area contributed by atoms with Gasteiger partial charge in [0.15, 0.2) is 0 Å². The van der Waals surface area contributed by atoms with Crippen molar-refractivity contribution in [1.29, 1.82) is 0 Å². The number of rotatable bonds is 1. The van der Waals surface area contributed by atoms with Gasteiger partial charge in [0.2, 0.25) is 0 Å². The van der Waals surface area contributed by atoms with Crippen molar-refractivity contribution in [3.63, 3.8) is 0 Å². The third-order valence-electron chi connectivity index (χ3n) is 1.76. The number of hydrogen-bond donors (Lipinski definition) is 1. The number of carboxylic acid groups (broad SMARTS) is 1. The van der Waals surface area contributed by atoms with Crippen molar-refractivity contribution in [1.82, 2.24) is 4.57 Å². The first-order chi connectivity index (χ1) is 6.73. The number of aromatic nitrogens is 1. The summed E-state index contributed by atoms with van der Waals surface area (Å²) in [4.78, 5) is 21.4. The quantitative estimate of drug-likeness (QED) is 0.772. The lowest BCUT2D eigenvalue weighted by Crippen LogP contribution is -2.23. The van der Waals surface area contributed by atoms with Crippen molar-refractivity contribution in [2.24, 2.45) is 7.05 Å². The second kappa shape index (κ2) is 3.41. The van der Waals surface area contributed by atoms with Crippen LogP contribution in [-0.4, -0.2) is 15.6 Å². The van der Waals surface area contributed by atoms with Crippen LogP contribution < -0.4 is 5.56 Å². The van der Waals surface area contributed by atoms with E-state index in [4.69, 9.17) is 5.11 Å². The third kappa shape index (κ3) is 2.17. The minimum atomic E-state index is -4.79. The fourth-order valence-electron chi connectivity index (χ4n) is 1.03. The van der Waals surface area contributed by atoms with E-state index in [-0.39, 0.29) is 0 Å². The van der Waals surface area contributed by atoms with Gasteiger partial charge in [-0.25, -0.2) is 4.79 Å². The van der Waals surface area contributed by atoms with E-state index in [2.05, 4.69) is 0 Å². The third-order valence-corrected chi connectivity index (χ3v) is 1.76. The van der Waals surface area contributed by atoms with Gasteiger partial charge >= 0.3 is 12.1 Å². The molecule has 0 amide bonds. The average Bonchev–Trinajstić information content (AvgIpc) is 2.06. The number of carbonyl (C=O) groups is 1. The van der Waals surface area contributed by atoms with Gasteiger partial charge < -0.3 is 9.67 Å². The predicted molar refractivity (Wildman–Crippen MR) is 43.6 cm³/mol. The zero-order valence-electron chi connectivity index (χ0n) is 7.50. The number of nitrogens with zero attached hydrogens (tertiary/aromatic N) is 1. The van der Waals surface area contributed by atoms with Gasteiger partial charge in [-0.15, -0.1) is 0 Å². The molecule has 1 N–H and O–H groups in total. The number of aromatic carboxylic acids is 1. The van der Waals surface area contributed by atoms with Gasteiger partial charge in [0.1, 0.15) is 0 Å². The van der Waals surface area contributed by atoms with E-state index in [1.165, 1.54) is 0 Å². The Labute approximate surface area is 81.6 Å². The molecule has 7 heteroatoms. The van der Waals surface area contributed by atoms with E-state index < -0.39 is 28.8 Å². The molecule has 4 nitrogen and oxygen atoms in total. The highest BCUT2D eigenvalue weighted by Crippen LogP contribution is 2.30. The molecule has 0 saturated heterocycles. The molecule has 0 aliphatic rings. The maximum atomic E-state index is 12.3. The maximum absolute atomic E-state index is 12.3. The lowest BCUT2D eigenvalue weighted by Gasteiger charge is -2.10. The normalized spacial score (nSPS) is 11.5. The summed E-state index contributed by atoms with van der Waals surface area (Å²) in [5.41, 5.74) is -3.18. The van der Waals surface area contributed by atoms with Crippen LogP contribution in [0.4, 0.5) is 13.2 Å². The van der Waals surface area contributed by atoms with Crippen LogP contribution in [0.15, 0.2) is 17.1 Å². The lowest BCUT2D eigenvalue weighted by atomic mass is 10.1. The van der Waals surface area contributed by atoms with Crippen molar-refractivity contribution >= 4 is 5.97 Å². The van der Waals surface area contributed by atoms with Crippen LogP contribution in [0.25, 0.3) is 0 Å². The molecule has 0 aliphatic heterocycles. The van der Waals surface area contributed by atoms with Gasteiger partial charge in [-0.3, -0.25) is 4.79 Å². The Hall–Kier alpha value is -1.79. The minimum absolute atomic E-state index is 0.450. The molecule has 0 atom stereocenters. The van der Waals surface area contributed by atoms with E-state index in [0.717, 1.165) is 7.05 Å². The number of carboxylic acids is 1. The molecule has 0 bridgehead atoms. The summed E-state index contributed by atoms with van der Waals surface area (Å²) < 4.78 is 37.7. The largest absolute Gasteiger partial charge is 0.478 e. The summed E-state index contributed by atoms with van der Waals surface area (Å²) in [5.74, 6) is -1.78. The molecule has 0 saturated carbocycles. The molecule has 82 valence electrons. The summed E-state index contributed by atoms with van der Waals surface area (Å²) in [6, 6.07) is 0.450. The van der Waals surface area contributed by atoms with Gasteiger partial charge in [-0.05, 0) is 0 Å². The number of alkyl halides is 3. The maximum Gasteiger partial charge on any atom is 0.418 e. The highest BCUT2D eigenvalue weighted by Gasteiger charge is 2.36. The molecule has 0 radical (unpaired) electrons. The fourth-order valence-corrected chi connectivity index (χ4v) is 1.03. The van der Waals surface area contributed by atoms with E-state index in [1.54, 1.807) is 0 Å². The van der Waals surface area contributed by atoms with E-state index >= 15 is 0 Å². The smallest absolute Gasteiger partial charge is 0.418 e. The van der Waals surface area contributed by atoms with Gasteiger partial charge in [0.05, 0.1) is 11.1 Å². The van der Waals surface area contributed by atoms with Crippen molar-refractivity contribution in [2.75, 3.05) is 0 Å². The first kappa shape index (κ1) is 11.3. The van der Waals surface area contributed by atoms with Crippen molar-refractivity contribution in [2.45, 2.75) is 6.18 Å². The van der Waals surface area contributed by atoms with E-state index in [0.29, 0.717) is 16.8 Å². The second-order valence-electron chi connectivity index (χ2n) is 2.85. The number of pyridine rings is 1. The van der Waals surface area contributed by atoms with E-state index in [1.807, 2.05) is 0 Å². The highest BCUT2D eigenvalue weighted by molar-refractivity contribution is 5.89. The number of halogens is 3. The van der Waals surface area contributed by atoms with Crippen molar-refractivity contribution < 1.29 is 23.1 Å². The molecule has 0 aromatic carbocycles. The Kier molecular flexibility index (Phi) is 2.57. The molecule has 0 spiro atoms. The molecule has 0 unspecified atom stereocenters. The predicted octanol–water partition coefficient (Wildman–Crippen LogP) is 1.10. The molecule has 1 rings (SSSR count). The Morgan fingerprint density at radius 1 is 1.47 bits per heavy atom. The van der Waals surface area contributed by atoms with Crippen LogP contribution in [0.1, 0.15) is 15.9 Å². The van der Waals surface area contributed by atoms with Gasteiger partial charge in [-0.2, -0.15) is 13.2 Å². The number of hydrogen-bond acceptors (Lipinski definition) is 2. The Morgan fingerprint density at radius 2 is 2.00 bits per heavy atom. The highest BCUT2D eigenvalue weighted by atomic mass is 19.4. The SMILES string of the molecule is Cn1cc(C(F)(F)F)c(C(=O)O)cc1=O. The standard InChI is InChI=1S/C8H6F3NO3/c1-12-3-5(8(9,10)11)4(7(14)15)2-6(12)13/h2-3H,1H3,(H,14,15). The molecular formula is C8H6F3NO3. The Balaban J connectivity index is 3.56. The zero-order valence-corrected chi connectivity index (χ0v) is 7.50. The fraction of sp³-hybridized carbons (Fsp3) is 0.250. The zero-order chi connectivity index (χ0) is 11.8. The Bertz CT molecular complexity index is 461.